The van der Waals surface area contributed by atoms with Crippen LogP contribution in [0.2, 0.25) is 0 Å². The average Bonchev–Trinajstić information content (AvgIpc) is 2.49. The number of esters is 1. The number of benzene rings is 1. The molecule has 0 N–H and O–H groups in total. The lowest BCUT2D eigenvalue weighted by molar-refractivity contribution is -0.150. The number of ether oxygens (including phenoxy) is 3. The summed E-state index contributed by atoms with van der Waals surface area (Å²) >= 11 is 0. The van der Waals surface area contributed by atoms with E-state index in [1.165, 1.54) is 19.2 Å². The van der Waals surface area contributed by atoms with Crippen molar-refractivity contribution in [3.63, 3.8) is 0 Å². The SMILES string of the molecule is COCCOC/C(=C/S(=O)(=O)c1ccc(C)cc1)C(=O)OC(C)(C)C. The summed E-state index contributed by atoms with van der Waals surface area (Å²) < 4.78 is 40.6. The van der Waals surface area contributed by atoms with Crippen molar-refractivity contribution in [3.05, 3.63) is 40.8 Å². The zero-order chi connectivity index (χ0) is 19.1. The third-order valence-corrected chi connectivity index (χ3v) is 4.52. The van der Waals surface area contributed by atoms with Gasteiger partial charge in [-0.3, -0.25) is 0 Å². The maximum absolute atomic E-state index is 12.5. The third kappa shape index (κ3) is 7.81. The fourth-order valence-electron chi connectivity index (χ4n) is 1.79. The van der Waals surface area contributed by atoms with Crippen LogP contribution in [0, 0.1) is 6.92 Å². The van der Waals surface area contributed by atoms with Gasteiger partial charge in [0.25, 0.3) is 0 Å². The molecule has 0 saturated heterocycles. The maximum Gasteiger partial charge on any atom is 0.337 e. The molecule has 140 valence electrons. The maximum atomic E-state index is 12.5. The van der Waals surface area contributed by atoms with Gasteiger partial charge >= 0.3 is 5.97 Å². The van der Waals surface area contributed by atoms with E-state index in [0.29, 0.717) is 6.61 Å². The summed E-state index contributed by atoms with van der Waals surface area (Å²) in [5.74, 6) is -0.722. The van der Waals surface area contributed by atoms with Gasteiger partial charge in [-0.25, -0.2) is 13.2 Å². The molecule has 0 spiro atoms. The first kappa shape index (κ1) is 21.3. The van der Waals surface area contributed by atoms with E-state index in [9.17, 15) is 13.2 Å². The van der Waals surface area contributed by atoms with E-state index < -0.39 is 21.4 Å². The highest BCUT2D eigenvalue weighted by atomic mass is 32.2. The topological polar surface area (TPSA) is 78.9 Å². The Morgan fingerprint density at radius 1 is 1.12 bits per heavy atom. The zero-order valence-corrected chi connectivity index (χ0v) is 16.2. The Hall–Kier alpha value is -1.70. The van der Waals surface area contributed by atoms with E-state index in [4.69, 9.17) is 14.2 Å². The second-order valence-electron chi connectivity index (χ2n) is 6.55. The lowest BCUT2D eigenvalue weighted by Crippen LogP contribution is -2.26. The van der Waals surface area contributed by atoms with Crippen LogP contribution in [-0.4, -0.2) is 46.9 Å². The van der Waals surface area contributed by atoms with Crippen LogP contribution in [0.3, 0.4) is 0 Å². The molecule has 0 aromatic heterocycles. The highest BCUT2D eigenvalue weighted by molar-refractivity contribution is 7.94. The molecule has 6 nitrogen and oxygen atoms in total. The van der Waals surface area contributed by atoms with Gasteiger partial charge in [-0.05, 0) is 39.8 Å². The van der Waals surface area contributed by atoms with Gasteiger partial charge in [-0.15, -0.1) is 0 Å². The van der Waals surface area contributed by atoms with Gasteiger partial charge in [0.1, 0.15) is 5.60 Å². The number of carbonyl (C=O) groups excluding carboxylic acids is 1. The standard InChI is InChI=1S/C18H26O6S/c1-14-6-8-16(9-7-14)25(20,21)13-15(12-23-11-10-22-5)17(19)24-18(2,3)4/h6-9,13H,10-12H2,1-5H3/b15-13-. The first-order valence-corrected chi connectivity index (χ1v) is 9.42. The predicted molar refractivity (Wildman–Crippen MR) is 95.0 cm³/mol. The van der Waals surface area contributed by atoms with Gasteiger partial charge in [0.2, 0.25) is 0 Å². The van der Waals surface area contributed by atoms with Crippen LogP contribution in [0.15, 0.2) is 40.1 Å². The molecule has 0 heterocycles. The Morgan fingerprint density at radius 3 is 2.24 bits per heavy atom. The van der Waals surface area contributed by atoms with E-state index in [-0.39, 0.29) is 23.7 Å². The van der Waals surface area contributed by atoms with E-state index in [1.807, 2.05) is 6.92 Å². The minimum atomic E-state index is -3.79. The summed E-state index contributed by atoms with van der Waals surface area (Å²) in [6, 6.07) is 6.39. The van der Waals surface area contributed by atoms with Crippen molar-refractivity contribution < 1.29 is 27.4 Å². The molecule has 0 aliphatic heterocycles. The fraction of sp³-hybridized carbons (Fsp3) is 0.500. The Balaban J connectivity index is 3.08. The van der Waals surface area contributed by atoms with Crippen molar-refractivity contribution in [2.24, 2.45) is 0 Å². The number of aryl methyl sites for hydroxylation is 1. The Kier molecular flexibility index (Phi) is 7.79. The first-order valence-electron chi connectivity index (χ1n) is 7.87. The van der Waals surface area contributed by atoms with E-state index in [1.54, 1.807) is 32.9 Å². The Morgan fingerprint density at radius 2 is 1.72 bits per heavy atom. The molecule has 0 atom stereocenters. The van der Waals surface area contributed by atoms with Crippen LogP contribution in [-0.2, 0) is 28.8 Å². The average molecular weight is 370 g/mol. The minimum Gasteiger partial charge on any atom is -0.457 e. The van der Waals surface area contributed by atoms with Gasteiger partial charge in [0, 0.05) is 12.5 Å². The van der Waals surface area contributed by atoms with Crippen LogP contribution in [0.1, 0.15) is 26.3 Å². The predicted octanol–water partition coefficient (Wildman–Crippen LogP) is 2.66. The quantitative estimate of drug-likeness (QED) is 0.398. The molecular formula is C18H26O6S. The summed E-state index contributed by atoms with van der Waals surface area (Å²) in [6.07, 6.45) is 0. The lowest BCUT2D eigenvalue weighted by atomic mass is 10.2. The fourth-order valence-corrected chi connectivity index (χ4v) is 2.98. The van der Waals surface area contributed by atoms with Crippen molar-refractivity contribution in [3.8, 4) is 0 Å². The molecule has 0 fully saturated rings. The number of rotatable bonds is 8. The highest BCUT2D eigenvalue weighted by Crippen LogP contribution is 2.18. The normalized spacial score (nSPS) is 12.9. The molecule has 0 bridgehead atoms. The molecule has 1 rings (SSSR count). The van der Waals surface area contributed by atoms with E-state index in [2.05, 4.69) is 0 Å². The smallest absolute Gasteiger partial charge is 0.337 e. The lowest BCUT2D eigenvalue weighted by Gasteiger charge is -2.20. The molecule has 0 saturated carbocycles. The Bertz CT molecular complexity index is 696. The van der Waals surface area contributed by atoms with E-state index >= 15 is 0 Å². The van der Waals surface area contributed by atoms with Gasteiger partial charge < -0.3 is 14.2 Å². The Labute approximate surface area is 149 Å². The molecule has 25 heavy (non-hydrogen) atoms. The van der Waals surface area contributed by atoms with Crippen molar-refractivity contribution in [2.45, 2.75) is 38.2 Å². The zero-order valence-electron chi connectivity index (χ0n) is 15.4. The van der Waals surface area contributed by atoms with Crippen LogP contribution >= 0.6 is 0 Å². The summed E-state index contributed by atoms with van der Waals surface area (Å²) in [5, 5.41) is 0.915. The minimum absolute atomic E-state index is 0.0633. The summed E-state index contributed by atoms with van der Waals surface area (Å²) in [5.41, 5.74) is 0.140. The summed E-state index contributed by atoms with van der Waals surface area (Å²) in [7, 11) is -2.27. The molecule has 0 amide bonds. The van der Waals surface area contributed by atoms with Crippen LogP contribution in [0.5, 0.6) is 0 Å². The summed E-state index contributed by atoms with van der Waals surface area (Å²) in [4.78, 5) is 12.4. The van der Waals surface area contributed by atoms with Crippen LogP contribution in [0.4, 0.5) is 0 Å². The largest absolute Gasteiger partial charge is 0.457 e. The number of hydrogen-bond donors (Lipinski definition) is 0. The van der Waals surface area contributed by atoms with Crippen LogP contribution in [0.25, 0.3) is 0 Å². The van der Waals surface area contributed by atoms with Crippen molar-refractivity contribution in [2.75, 3.05) is 26.9 Å². The molecule has 0 unspecified atom stereocenters. The first-order chi connectivity index (χ1) is 11.5. The van der Waals surface area contributed by atoms with Gasteiger partial charge in [0.05, 0.1) is 30.3 Å². The molecule has 0 radical (unpaired) electrons. The molecule has 0 aliphatic carbocycles. The molecule has 7 heteroatoms. The second kappa shape index (κ2) is 9.12. The number of hydrogen-bond acceptors (Lipinski definition) is 6. The second-order valence-corrected chi connectivity index (χ2v) is 8.35. The van der Waals surface area contributed by atoms with Crippen molar-refractivity contribution in [1.82, 2.24) is 0 Å². The summed E-state index contributed by atoms with van der Waals surface area (Å²) in [6.45, 7) is 7.40. The third-order valence-electron chi connectivity index (χ3n) is 3.00. The number of carbonyl (C=O) groups is 1. The molecule has 1 aromatic carbocycles. The molecular weight excluding hydrogens is 344 g/mol. The number of methoxy groups -OCH3 is 1. The molecule has 0 aliphatic rings. The van der Waals surface area contributed by atoms with E-state index in [0.717, 1.165) is 11.0 Å². The van der Waals surface area contributed by atoms with Crippen LogP contribution < -0.4 is 0 Å². The van der Waals surface area contributed by atoms with Gasteiger partial charge in [-0.2, -0.15) is 0 Å². The molecule has 1 aromatic rings. The monoisotopic (exact) mass is 370 g/mol. The van der Waals surface area contributed by atoms with Gasteiger partial charge in [-0.1, -0.05) is 17.7 Å². The van der Waals surface area contributed by atoms with Gasteiger partial charge in [0.15, 0.2) is 9.84 Å². The highest BCUT2D eigenvalue weighted by Gasteiger charge is 2.23. The van der Waals surface area contributed by atoms with Crippen molar-refractivity contribution >= 4 is 15.8 Å². The van der Waals surface area contributed by atoms with Crippen molar-refractivity contribution in [1.29, 1.82) is 0 Å². The number of sulfone groups is 1.